The Morgan fingerprint density at radius 2 is 1.73 bits per heavy atom. The molecule has 0 aromatic carbocycles. The minimum atomic E-state index is -1.93. The monoisotopic (exact) mass is 166 g/mol. The van der Waals surface area contributed by atoms with Crippen molar-refractivity contribution in [2.75, 3.05) is 0 Å². The zero-order chi connectivity index (χ0) is 8.59. The summed E-state index contributed by atoms with van der Waals surface area (Å²) in [5.41, 5.74) is 0. The molecular formula is C6H11FO4. The predicted octanol–water partition coefficient (Wildman–Crippen LogP) is -1.22. The Balaban J connectivity index is 2.63. The highest BCUT2D eigenvalue weighted by Gasteiger charge is 2.42. The highest BCUT2D eigenvalue weighted by Crippen LogP contribution is 2.21. The maximum absolute atomic E-state index is 12.6. The van der Waals surface area contributed by atoms with Crippen molar-refractivity contribution in [2.24, 2.45) is 0 Å². The van der Waals surface area contributed by atoms with E-state index in [4.69, 9.17) is 15.3 Å². The van der Waals surface area contributed by atoms with Crippen LogP contribution in [0.5, 0.6) is 0 Å². The van der Waals surface area contributed by atoms with E-state index in [1.165, 1.54) is 6.92 Å². The van der Waals surface area contributed by atoms with Gasteiger partial charge in [-0.05, 0) is 6.92 Å². The van der Waals surface area contributed by atoms with Gasteiger partial charge in [-0.3, -0.25) is 0 Å². The third kappa shape index (κ3) is 1.51. The van der Waals surface area contributed by atoms with Crippen molar-refractivity contribution in [1.29, 1.82) is 0 Å². The number of rotatable bonds is 0. The number of ether oxygens (including phenoxy) is 1. The minimum absolute atomic E-state index is 0.744. The molecule has 1 fully saturated rings. The topological polar surface area (TPSA) is 69.9 Å². The molecule has 1 aliphatic heterocycles. The molecule has 5 atom stereocenters. The molecular weight excluding hydrogens is 155 g/mol. The zero-order valence-corrected chi connectivity index (χ0v) is 6.01. The molecule has 5 heteroatoms. The van der Waals surface area contributed by atoms with E-state index in [9.17, 15) is 4.39 Å². The van der Waals surface area contributed by atoms with Gasteiger partial charge in [-0.1, -0.05) is 0 Å². The van der Waals surface area contributed by atoms with Crippen molar-refractivity contribution in [2.45, 2.75) is 37.7 Å². The first kappa shape index (κ1) is 8.86. The lowest BCUT2D eigenvalue weighted by Gasteiger charge is -2.35. The van der Waals surface area contributed by atoms with Crippen LogP contribution in [0.4, 0.5) is 4.39 Å². The van der Waals surface area contributed by atoms with Gasteiger partial charge in [-0.25, -0.2) is 4.39 Å². The van der Waals surface area contributed by atoms with E-state index in [0.29, 0.717) is 0 Å². The third-order valence-corrected chi connectivity index (χ3v) is 1.78. The van der Waals surface area contributed by atoms with Crippen LogP contribution in [0, 0.1) is 0 Å². The van der Waals surface area contributed by atoms with Gasteiger partial charge in [0.2, 0.25) is 0 Å². The summed E-state index contributed by atoms with van der Waals surface area (Å²) in [6.45, 7) is 1.45. The first-order valence-electron chi connectivity index (χ1n) is 3.37. The maximum Gasteiger partial charge on any atom is 0.189 e. The van der Waals surface area contributed by atoms with Crippen LogP contribution in [0.2, 0.25) is 0 Å². The van der Waals surface area contributed by atoms with Crippen molar-refractivity contribution in [3.8, 4) is 0 Å². The molecule has 66 valence electrons. The first-order chi connectivity index (χ1) is 5.04. The average Bonchev–Trinajstić information content (AvgIpc) is 1.97. The third-order valence-electron chi connectivity index (χ3n) is 1.78. The Morgan fingerprint density at radius 3 is 2.27 bits per heavy atom. The lowest BCUT2D eigenvalue weighted by molar-refractivity contribution is -0.261. The van der Waals surface area contributed by atoms with Crippen LogP contribution in [0.1, 0.15) is 6.92 Å². The molecule has 11 heavy (non-hydrogen) atoms. The molecule has 1 heterocycles. The quantitative estimate of drug-likeness (QED) is 0.422. The molecule has 0 aromatic rings. The summed E-state index contributed by atoms with van der Waals surface area (Å²) < 4.78 is 17.2. The summed E-state index contributed by atoms with van der Waals surface area (Å²) in [5.74, 6) is 0. The van der Waals surface area contributed by atoms with Crippen molar-refractivity contribution in [3.05, 3.63) is 0 Å². The van der Waals surface area contributed by atoms with E-state index in [2.05, 4.69) is 4.74 Å². The Kier molecular flexibility index (Phi) is 2.43. The molecule has 0 unspecified atom stereocenters. The summed E-state index contributed by atoms with van der Waals surface area (Å²) in [6.07, 6.45) is -7.14. The Hall–Kier alpha value is -0.230. The molecule has 0 radical (unpaired) electrons. The predicted molar refractivity (Wildman–Crippen MR) is 33.5 cm³/mol. The van der Waals surface area contributed by atoms with Gasteiger partial charge in [-0.2, -0.15) is 0 Å². The molecule has 1 saturated heterocycles. The van der Waals surface area contributed by atoms with Crippen LogP contribution in [0.25, 0.3) is 0 Å². The van der Waals surface area contributed by atoms with Crippen LogP contribution in [0.15, 0.2) is 0 Å². The molecule has 1 rings (SSSR count). The molecule has 0 amide bonds. The summed E-state index contributed by atoms with van der Waals surface area (Å²) >= 11 is 0. The molecule has 3 N–H and O–H groups in total. The van der Waals surface area contributed by atoms with E-state index >= 15 is 0 Å². The number of halogens is 1. The lowest BCUT2D eigenvalue weighted by atomic mass is 10.0. The number of hydrogen-bond acceptors (Lipinski definition) is 4. The largest absolute Gasteiger partial charge is 0.388 e. The standard InChI is InChI=1S/C6H11FO4/c1-2-4(8)5(9)3(7)6(10)11-2/h2-6,8-10H,1H3/t2-,3-,4-,5-,6+/m0/s1. The number of aliphatic hydroxyl groups excluding tert-OH is 3. The molecule has 0 bridgehead atoms. The van der Waals surface area contributed by atoms with Crippen LogP contribution >= 0.6 is 0 Å². The van der Waals surface area contributed by atoms with E-state index in [-0.39, 0.29) is 0 Å². The fourth-order valence-electron chi connectivity index (χ4n) is 1.01. The van der Waals surface area contributed by atoms with Gasteiger partial charge < -0.3 is 20.1 Å². The van der Waals surface area contributed by atoms with Crippen LogP contribution < -0.4 is 0 Å². The minimum Gasteiger partial charge on any atom is -0.388 e. The maximum atomic E-state index is 12.6. The molecule has 4 nitrogen and oxygen atoms in total. The van der Waals surface area contributed by atoms with Gasteiger partial charge in [0.25, 0.3) is 0 Å². The molecule has 0 aliphatic carbocycles. The summed E-state index contributed by atoms with van der Waals surface area (Å²) in [4.78, 5) is 0. The van der Waals surface area contributed by atoms with Crippen molar-refractivity contribution in [1.82, 2.24) is 0 Å². The van der Waals surface area contributed by atoms with E-state index in [1.807, 2.05) is 0 Å². The van der Waals surface area contributed by atoms with Crippen LogP contribution in [0.3, 0.4) is 0 Å². The normalized spacial score (nSPS) is 52.6. The number of alkyl halides is 1. The fourth-order valence-corrected chi connectivity index (χ4v) is 1.01. The van der Waals surface area contributed by atoms with E-state index in [1.54, 1.807) is 0 Å². The van der Waals surface area contributed by atoms with E-state index in [0.717, 1.165) is 0 Å². The summed E-state index contributed by atoms with van der Waals surface area (Å²) in [7, 11) is 0. The molecule has 1 aliphatic rings. The highest BCUT2D eigenvalue weighted by atomic mass is 19.1. The van der Waals surface area contributed by atoms with Crippen LogP contribution in [-0.4, -0.2) is 46.1 Å². The lowest BCUT2D eigenvalue weighted by Crippen LogP contribution is -2.54. The van der Waals surface area contributed by atoms with Crippen molar-refractivity contribution < 1.29 is 24.4 Å². The second kappa shape index (κ2) is 3.02. The SMILES string of the molecule is C[C@@H]1O[C@@H](O)[C@@H](F)[C@H](O)[C@H]1O. The smallest absolute Gasteiger partial charge is 0.189 e. The second-order valence-electron chi connectivity index (χ2n) is 2.66. The van der Waals surface area contributed by atoms with Gasteiger partial charge in [-0.15, -0.1) is 0 Å². The van der Waals surface area contributed by atoms with Gasteiger partial charge in [0.05, 0.1) is 6.10 Å². The second-order valence-corrected chi connectivity index (χ2v) is 2.66. The zero-order valence-electron chi connectivity index (χ0n) is 6.01. The van der Waals surface area contributed by atoms with Gasteiger partial charge >= 0.3 is 0 Å². The van der Waals surface area contributed by atoms with Crippen LogP contribution in [-0.2, 0) is 4.74 Å². The van der Waals surface area contributed by atoms with Crippen molar-refractivity contribution in [3.63, 3.8) is 0 Å². The van der Waals surface area contributed by atoms with Gasteiger partial charge in [0.1, 0.15) is 12.2 Å². The molecule has 0 spiro atoms. The number of aliphatic hydroxyl groups is 3. The Bertz CT molecular complexity index is 129. The van der Waals surface area contributed by atoms with Gasteiger partial charge in [0.15, 0.2) is 12.5 Å². The van der Waals surface area contributed by atoms with E-state index < -0.39 is 30.8 Å². The average molecular weight is 166 g/mol. The highest BCUT2D eigenvalue weighted by molar-refractivity contribution is 4.86. The first-order valence-corrected chi connectivity index (χ1v) is 3.37. The van der Waals surface area contributed by atoms with Gasteiger partial charge in [0, 0.05) is 0 Å². The summed E-state index contributed by atoms with van der Waals surface area (Å²) in [5, 5.41) is 26.7. The van der Waals surface area contributed by atoms with Crippen molar-refractivity contribution >= 4 is 0 Å². The Labute approximate surface area is 63.2 Å². The fraction of sp³-hybridized carbons (Fsp3) is 1.00. The molecule has 0 aromatic heterocycles. The Morgan fingerprint density at radius 1 is 1.18 bits per heavy atom. The number of hydrogen-bond donors (Lipinski definition) is 3. The summed E-state index contributed by atoms with van der Waals surface area (Å²) in [6, 6.07) is 0. The molecule has 0 saturated carbocycles.